The third kappa shape index (κ3) is 16.5. The maximum absolute atomic E-state index is 5.98. The summed E-state index contributed by atoms with van der Waals surface area (Å²) in [7, 11) is 1.53. The van der Waals surface area contributed by atoms with Crippen LogP contribution in [0.5, 0.6) is 0 Å². The average Bonchev–Trinajstić information content (AvgIpc) is 2.67. The van der Waals surface area contributed by atoms with Crippen molar-refractivity contribution >= 4 is 0 Å². The van der Waals surface area contributed by atoms with Crippen LogP contribution in [0, 0.1) is 0 Å². The lowest BCUT2D eigenvalue weighted by atomic mass is 10.0. The van der Waals surface area contributed by atoms with E-state index in [1.807, 2.05) is 0 Å². The first-order valence-corrected chi connectivity index (χ1v) is 11.7. The van der Waals surface area contributed by atoms with E-state index in [-0.39, 0.29) is 0 Å². The van der Waals surface area contributed by atoms with Crippen LogP contribution in [0.25, 0.3) is 0 Å². The average molecular weight is 389 g/mol. The van der Waals surface area contributed by atoms with Gasteiger partial charge in [-0.15, -0.1) is 0 Å². The van der Waals surface area contributed by atoms with E-state index in [0.29, 0.717) is 13.2 Å². The molecule has 0 rings (SSSR count). The Balaban J connectivity index is 4.00. The monoisotopic (exact) mass is 388 g/mol. The third-order valence-electron chi connectivity index (χ3n) is 4.94. The van der Waals surface area contributed by atoms with Crippen LogP contribution in [0.15, 0.2) is 0 Å². The minimum Gasteiger partial charge on any atom is -0.326 e. The van der Waals surface area contributed by atoms with Crippen molar-refractivity contribution in [3.8, 4) is 0 Å². The molecule has 0 bridgehead atoms. The van der Waals surface area contributed by atoms with Crippen molar-refractivity contribution in [1.29, 1.82) is 0 Å². The number of ether oxygens (including phenoxy) is 2. The molecular weight excluding hydrogens is 340 g/mol. The number of unbranched alkanes of at least 4 members (excludes halogenated alkanes) is 12. The van der Waals surface area contributed by atoms with E-state index in [0.717, 1.165) is 38.5 Å². The SMILES string of the molecule is CCCCCCCCCCCCCC(OCCCC)(OCCCC)OOC. The molecule has 164 valence electrons. The maximum Gasteiger partial charge on any atom is 0.312 e. The lowest BCUT2D eigenvalue weighted by Gasteiger charge is -2.31. The van der Waals surface area contributed by atoms with E-state index in [1.165, 1.54) is 71.3 Å². The quantitative estimate of drug-likeness (QED) is 0.0830. The summed E-state index contributed by atoms with van der Waals surface area (Å²) in [6, 6.07) is 0. The lowest BCUT2D eigenvalue weighted by Crippen LogP contribution is -2.40. The molecule has 0 amide bonds. The van der Waals surface area contributed by atoms with Gasteiger partial charge in [0.1, 0.15) is 0 Å². The third-order valence-corrected chi connectivity index (χ3v) is 4.94. The summed E-state index contributed by atoms with van der Waals surface area (Å²) in [4.78, 5) is 10.4. The van der Waals surface area contributed by atoms with Crippen molar-refractivity contribution in [2.75, 3.05) is 20.3 Å². The Morgan fingerprint density at radius 1 is 0.519 bits per heavy atom. The van der Waals surface area contributed by atoms with Gasteiger partial charge in [0, 0.05) is 6.42 Å². The van der Waals surface area contributed by atoms with E-state index in [2.05, 4.69) is 20.8 Å². The molecule has 4 heteroatoms. The molecule has 0 saturated heterocycles. The predicted octanol–water partition coefficient (Wildman–Crippen LogP) is 7.55. The zero-order valence-corrected chi connectivity index (χ0v) is 18.9. The molecule has 0 aromatic carbocycles. The van der Waals surface area contributed by atoms with Crippen molar-refractivity contribution in [2.45, 2.75) is 129 Å². The van der Waals surface area contributed by atoms with Gasteiger partial charge in [-0.1, -0.05) is 97.8 Å². The smallest absolute Gasteiger partial charge is 0.312 e. The van der Waals surface area contributed by atoms with Crippen molar-refractivity contribution in [1.82, 2.24) is 0 Å². The summed E-state index contributed by atoms with van der Waals surface area (Å²) < 4.78 is 12.0. The molecule has 27 heavy (non-hydrogen) atoms. The van der Waals surface area contributed by atoms with Gasteiger partial charge in [-0.25, -0.2) is 4.89 Å². The highest BCUT2D eigenvalue weighted by Gasteiger charge is 2.34. The fourth-order valence-corrected chi connectivity index (χ4v) is 3.15. The van der Waals surface area contributed by atoms with Crippen LogP contribution in [0.1, 0.15) is 124 Å². The van der Waals surface area contributed by atoms with E-state index >= 15 is 0 Å². The van der Waals surface area contributed by atoms with Crippen LogP contribution in [0.4, 0.5) is 0 Å². The van der Waals surface area contributed by atoms with Gasteiger partial charge >= 0.3 is 5.97 Å². The molecule has 0 fully saturated rings. The van der Waals surface area contributed by atoms with Crippen LogP contribution in [-0.4, -0.2) is 26.3 Å². The lowest BCUT2D eigenvalue weighted by molar-refractivity contribution is -0.501. The fraction of sp³-hybridized carbons (Fsp3) is 1.00. The Hall–Kier alpha value is -0.160. The highest BCUT2D eigenvalue weighted by Crippen LogP contribution is 2.25. The van der Waals surface area contributed by atoms with Crippen LogP contribution >= 0.6 is 0 Å². The van der Waals surface area contributed by atoms with E-state index in [4.69, 9.17) is 19.2 Å². The number of hydrogen-bond acceptors (Lipinski definition) is 4. The summed E-state index contributed by atoms with van der Waals surface area (Å²) in [6.07, 6.45) is 19.5. The van der Waals surface area contributed by atoms with Crippen molar-refractivity contribution in [2.24, 2.45) is 0 Å². The van der Waals surface area contributed by atoms with Crippen LogP contribution < -0.4 is 0 Å². The molecule has 0 aliphatic rings. The van der Waals surface area contributed by atoms with Gasteiger partial charge in [0.05, 0.1) is 20.3 Å². The fourth-order valence-electron chi connectivity index (χ4n) is 3.15. The van der Waals surface area contributed by atoms with E-state index < -0.39 is 5.97 Å². The second-order valence-electron chi connectivity index (χ2n) is 7.62. The van der Waals surface area contributed by atoms with Gasteiger partial charge in [-0.05, 0) is 19.3 Å². The van der Waals surface area contributed by atoms with Crippen molar-refractivity contribution in [3.63, 3.8) is 0 Å². The van der Waals surface area contributed by atoms with E-state index in [9.17, 15) is 0 Å². The van der Waals surface area contributed by atoms with Gasteiger partial charge in [0.15, 0.2) is 0 Å². The molecule has 0 radical (unpaired) electrons. The summed E-state index contributed by atoms with van der Waals surface area (Å²) in [5.74, 6) is -1.03. The Bertz CT molecular complexity index is 274. The largest absolute Gasteiger partial charge is 0.326 e. The Kier molecular flexibility index (Phi) is 20.4. The molecule has 0 aliphatic heterocycles. The molecule has 0 aromatic rings. The topological polar surface area (TPSA) is 36.9 Å². The second kappa shape index (κ2) is 20.6. The minimum atomic E-state index is -1.03. The standard InChI is InChI=1S/C23H48O4/c1-5-8-11-12-13-14-15-16-17-18-19-20-23(27-24-4,25-21-9-6-2)26-22-10-7-3/h5-22H2,1-4H3. The van der Waals surface area contributed by atoms with Crippen molar-refractivity contribution in [3.05, 3.63) is 0 Å². The highest BCUT2D eigenvalue weighted by atomic mass is 17.3. The summed E-state index contributed by atoms with van der Waals surface area (Å²) in [6.45, 7) is 7.87. The molecule has 0 unspecified atom stereocenters. The molecule has 0 N–H and O–H groups in total. The first-order valence-electron chi connectivity index (χ1n) is 11.7. The minimum absolute atomic E-state index is 0.643. The first-order chi connectivity index (χ1) is 13.2. The Morgan fingerprint density at radius 3 is 1.33 bits per heavy atom. The first kappa shape index (κ1) is 26.8. The molecule has 0 atom stereocenters. The molecule has 0 aliphatic carbocycles. The normalized spacial score (nSPS) is 12.0. The molecule has 4 nitrogen and oxygen atoms in total. The predicted molar refractivity (Wildman–Crippen MR) is 114 cm³/mol. The molecule has 0 saturated carbocycles. The van der Waals surface area contributed by atoms with Gasteiger partial charge in [0.2, 0.25) is 0 Å². The Labute approximate surface area is 169 Å². The van der Waals surface area contributed by atoms with Gasteiger partial charge in [-0.2, -0.15) is 4.89 Å². The maximum atomic E-state index is 5.98. The number of rotatable bonds is 22. The number of hydrogen-bond donors (Lipinski definition) is 0. The van der Waals surface area contributed by atoms with Gasteiger partial charge in [-0.3, -0.25) is 0 Å². The molecular formula is C23H48O4. The zero-order chi connectivity index (χ0) is 20.1. The van der Waals surface area contributed by atoms with Gasteiger partial charge in [0.25, 0.3) is 0 Å². The molecule has 0 aromatic heterocycles. The summed E-state index contributed by atoms with van der Waals surface area (Å²) in [5.41, 5.74) is 0. The van der Waals surface area contributed by atoms with Gasteiger partial charge < -0.3 is 9.47 Å². The van der Waals surface area contributed by atoms with Crippen LogP contribution in [0.2, 0.25) is 0 Å². The second-order valence-corrected chi connectivity index (χ2v) is 7.62. The summed E-state index contributed by atoms with van der Waals surface area (Å²) >= 11 is 0. The highest BCUT2D eigenvalue weighted by molar-refractivity contribution is 4.59. The van der Waals surface area contributed by atoms with E-state index in [1.54, 1.807) is 0 Å². The van der Waals surface area contributed by atoms with Crippen molar-refractivity contribution < 1.29 is 19.2 Å². The molecule has 0 heterocycles. The van der Waals surface area contributed by atoms with Crippen LogP contribution in [-0.2, 0) is 19.2 Å². The van der Waals surface area contributed by atoms with Crippen LogP contribution in [0.3, 0.4) is 0 Å². The zero-order valence-electron chi connectivity index (χ0n) is 18.9. The molecule has 0 spiro atoms. The summed E-state index contributed by atoms with van der Waals surface area (Å²) in [5, 5.41) is 0. The Morgan fingerprint density at radius 2 is 0.926 bits per heavy atom.